The van der Waals surface area contributed by atoms with E-state index in [4.69, 9.17) is 5.11 Å². The van der Waals surface area contributed by atoms with E-state index in [0.29, 0.717) is 11.6 Å². The van der Waals surface area contributed by atoms with Gasteiger partial charge >= 0.3 is 5.97 Å². The van der Waals surface area contributed by atoms with Crippen LogP contribution in [0.4, 0.5) is 5.82 Å². The SMILES string of the molecule is Cc1cc(NC(=O)/C=C\C(=O)O)nc(C)n1. The minimum atomic E-state index is -1.18. The Kier molecular flexibility index (Phi) is 3.71. The lowest BCUT2D eigenvalue weighted by molar-refractivity contribution is -0.131. The molecule has 2 N–H and O–H groups in total. The van der Waals surface area contributed by atoms with Gasteiger partial charge in [-0.25, -0.2) is 14.8 Å². The number of hydrogen-bond acceptors (Lipinski definition) is 4. The van der Waals surface area contributed by atoms with Crippen molar-refractivity contribution in [3.8, 4) is 0 Å². The average molecular weight is 221 g/mol. The van der Waals surface area contributed by atoms with Crippen molar-refractivity contribution in [3.63, 3.8) is 0 Å². The molecule has 0 saturated heterocycles. The minimum Gasteiger partial charge on any atom is -0.478 e. The molecule has 1 heterocycles. The lowest BCUT2D eigenvalue weighted by Gasteiger charge is -2.02. The summed E-state index contributed by atoms with van der Waals surface area (Å²) in [6, 6.07) is 1.60. The summed E-state index contributed by atoms with van der Waals surface area (Å²) in [5, 5.41) is 10.8. The third kappa shape index (κ3) is 3.87. The first-order valence-corrected chi connectivity index (χ1v) is 4.51. The van der Waals surface area contributed by atoms with Crippen molar-refractivity contribution in [2.75, 3.05) is 5.32 Å². The largest absolute Gasteiger partial charge is 0.478 e. The fourth-order valence-electron chi connectivity index (χ4n) is 1.10. The van der Waals surface area contributed by atoms with Crippen LogP contribution in [0.15, 0.2) is 18.2 Å². The maximum absolute atomic E-state index is 11.2. The first kappa shape index (κ1) is 11.8. The number of amides is 1. The summed E-state index contributed by atoms with van der Waals surface area (Å²) in [5.41, 5.74) is 0.727. The van der Waals surface area contributed by atoms with Crippen molar-refractivity contribution in [3.05, 3.63) is 29.7 Å². The molecule has 16 heavy (non-hydrogen) atoms. The topological polar surface area (TPSA) is 92.2 Å². The number of carboxylic acids is 1. The van der Waals surface area contributed by atoms with Crippen molar-refractivity contribution in [1.29, 1.82) is 0 Å². The molecular weight excluding hydrogens is 210 g/mol. The summed E-state index contributed by atoms with van der Waals surface area (Å²) < 4.78 is 0. The van der Waals surface area contributed by atoms with Gasteiger partial charge in [0.2, 0.25) is 5.91 Å². The maximum atomic E-state index is 11.2. The van der Waals surface area contributed by atoms with Crippen molar-refractivity contribution >= 4 is 17.7 Å². The second kappa shape index (κ2) is 5.01. The van der Waals surface area contributed by atoms with E-state index in [1.807, 2.05) is 0 Å². The van der Waals surface area contributed by atoms with Crippen LogP contribution in [0.25, 0.3) is 0 Å². The number of aliphatic carboxylic acids is 1. The molecule has 0 aliphatic heterocycles. The van der Waals surface area contributed by atoms with Crippen LogP contribution < -0.4 is 5.32 Å². The van der Waals surface area contributed by atoms with Crippen LogP contribution in [0.5, 0.6) is 0 Å². The number of hydrogen-bond donors (Lipinski definition) is 2. The summed E-state index contributed by atoms with van der Waals surface area (Å²) in [5.74, 6) is -0.826. The molecule has 1 aromatic rings. The van der Waals surface area contributed by atoms with Gasteiger partial charge in [0.1, 0.15) is 11.6 Å². The van der Waals surface area contributed by atoms with Crippen LogP contribution in [-0.2, 0) is 9.59 Å². The molecule has 84 valence electrons. The Balaban J connectivity index is 2.73. The Morgan fingerprint density at radius 1 is 1.31 bits per heavy atom. The number of carboxylic acid groups (broad SMARTS) is 1. The van der Waals surface area contributed by atoms with Crippen molar-refractivity contribution in [2.45, 2.75) is 13.8 Å². The van der Waals surface area contributed by atoms with Crippen LogP contribution >= 0.6 is 0 Å². The molecule has 0 spiro atoms. The first-order valence-electron chi connectivity index (χ1n) is 4.51. The van der Waals surface area contributed by atoms with Crippen LogP contribution in [0.2, 0.25) is 0 Å². The molecular formula is C10H11N3O3. The van der Waals surface area contributed by atoms with Gasteiger partial charge in [0.05, 0.1) is 0 Å². The van der Waals surface area contributed by atoms with Gasteiger partial charge in [0, 0.05) is 23.9 Å². The number of carbonyl (C=O) groups is 2. The summed E-state index contributed by atoms with van der Waals surface area (Å²) >= 11 is 0. The third-order valence-corrected chi connectivity index (χ3v) is 1.59. The highest BCUT2D eigenvalue weighted by molar-refractivity contribution is 6.01. The lowest BCUT2D eigenvalue weighted by atomic mass is 10.4. The highest BCUT2D eigenvalue weighted by atomic mass is 16.4. The predicted molar refractivity (Wildman–Crippen MR) is 56.9 cm³/mol. The number of rotatable bonds is 3. The van der Waals surface area contributed by atoms with Gasteiger partial charge in [-0.2, -0.15) is 0 Å². The number of aromatic nitrogens is 2. The predicted octanol–water partition coefficient (Wildman–Crippen LogP) is 0.673. The van der Waals surface area contributed by atoms with E-state index in [2.05, 4.69) is 15.3 Å². The Bertz CT molecular complexity index is 434. The molecule has 6 nitrogen and oxygen atoms in total. The zero-order valence-corrected chi connectivity index (χ0v) is 8.89. The molecule has 0 unspecified atom stereocenters. The smallest absolute Gasteiger partial charge is 0.328 e. The van der Waals surface area contributed by atoms with Gasteiger partial charge in [0.15, 0.2) is 0 Å². The van der Waals surface area contributed by atoms with E-state index in [1.165, 1.54) is 0 Å². The summed E-state index contributed by atoms with van der Waals surface area (Å²) in [7, 11) is 0. The first-order chi connectivity index (χ1) is 7.47. The van der Waals surface area contributed by atoms with Gasteiger partial charge in [-0.1, -0.05) is 0 Å². The zero-order chi connectivity index (χ0) is 12.1. The Hall–Kier alpha value is -2.24. The second-order valence-electron chi connectivity index (χ2n) is 3.10. The average Bonchev–Trinajstić information content (AvgIpc) is 2.12. The maximum Gasteiger partial charge on any atom is 0.328 e. The molecule has 1 amide bonds. The monoisotopic (exact) mass is 221 g/mol. The van der Waals surface area contributed by atoms with E-state index in [9.17, 15) is 9.59 Å². The summed E-state index contributed by atoms with van der Waals surface area (Å²) in [6.45, 7) is 3.48. The second-order valence-corrected chi connectivity index (χ2v) is 3.10. The molecule has 0 saturated carbocycles. The van der Waals surface area contributed by atoms with Gasteiger partial charge in [-0.05, 0) is 13.8 Å². The fraction of sp³-hybridized carbons (Fsp3) is 0.200. The third-order valence-electron chi connectivity index (χ3n) is 1.59. The van der Waals surface area contributed by atoms with E-state index in [-0.39, 0.29) is 0 Å². The van der Waals surface area contributed by atoms with Gasteiger partial charge in [0.25, 0.3) is 0 Å². The Labute approximate surface area is 92.0 Å². The minimum absolute atomic E-state index is 0.352. The molecule has 0 fully saturated rings. The summed E-state index contributed by atoms with van der Waals surface area (Å²) in [4.78, 5) is 29.4. The number of anilines is 1. The molecule has 1 rings (SSSR count). The fourth-order valence-corrected chi connectivity index (χ4v) is 1.10. The molecule has 6 heteroatoms. The van der Waals surface area contributed by atoms with Crippen LogP contribution in [0.3, 0.4) is 0 Å². The zero-order valence-electron chi connectivity index (χ0n) is 8.89. The van der Waals surface area contributed by atoms with Crippen molar-refractivity contribution < 1.29 is 14.7 Å². The molecule has 1 aromatic heterocycles. The van der Waals surface area contributed by atoms with Crippen LogP contribution in [0.1, 0.15) is 11.5 Å². The van der Waals surface area contributed by atoms with E-state index in [0.717, 1.165) is 17.8 Å². The molecule has 0 aliphatic carbocycles. The number of aryl methyl sites for hydroxylation is 2. The van der Waals surface area contributed by atoms with Gasteiger partial charge in [-0.3, -0.25) is 4.79 Å². The number of nitrogens with one attached hydrogen (secondary N) is 1. The molecule has 0 bridgehead atoms. The Morgan fingerprint density at radius 2 is 2.00 bits per heavy atom. The summed E-state index contributed by atoms with van der Waals surface area (Å²) in [6.07, 6.45) is 1.69. The van der Waals surface area contributed by atoms with Crippen LogP contribution in [0, 0.1) is 13.8 Å². The van der Waals surface area contributed by atoms with Crippen molar-refractivity contribution in [2.24, 2.45) is 0 Å². The molecule has 0 radical (unpaired) electrons. The molecule has 0 atom stereocenters. The molecule has 0 aromatic carbocycles. The lowest BCUT2D eigenvalue weighted by Crippen LogP contribution is -2.11. The van der Waals surface area contributed by atoms with Gasteiger partial charge < -0.3 is 10.4 Å². The van der Waals surface area contributed by atoms with Crippen molar-refractivity contribution in [1.82, 2.24) is 9.97 Å². The van der Waals surface area contributed by atoms with E-state index in [1.54, 1.807) is 19.9 Å². The molecule has 0 aliphatic rings. The van der Waals surface area contributed by atoms with E-state index >= 15 is 0 Å². The highest BCUT2D eigenvalue weighted by Crippen LogP contribution is 2.05. The Morgan fingerprint density at radius 3 is 2.56 bits per heavy atom. The normalized spacial score (nSPS) is 10.4. The highest BCUT2D eigenvalue weighted by Gasteiger charge is 2.02. The number of carbonyl (C=O) groups excluding carboxylic acids is 1. The van der Waals surface area contributed by atoms with Crippen LogP contribution in [-0.4, -0.2) is 27.0 Å². The quantitative estimate of drug-likeness (QED) is 0.732. The standard InChI is InChI=1S/C10H11N3O3/c1-6-5-8(12-7(2)11-6)13-9(14)3-4-10(15)16/h3-5H,1-2H3,(H,15,16)(H,11,12,13,14)/b4-3-. The van der Waals surface area contributed by atoms with Gasteiger partial charge in [-0.15, -0.1) is 0 Å². The van der Waals surface area contributed by atoms with E-state index < -0.39 is 11.9 Å². The number of nitrogens with zero attached hydrogens (tertiary/aromatic N) is 2.